The molecule has 2 atom stereocenters. The van der Waals surface area contributed by atoms with Crippen molar-refractivity contribution < 1.29 is 9.53 Å². The fraction of sp³-hybridized carbons (Fsp3) is 0.381. The maximum absolute atomic E-state index is 12.2. The zero-order valence-corrected chi connectivity index (χ0v) is 15.0. The van der Waals surface area contributed by atoms with Crippen molar-refractivity contribution in [3.63, 3.8) is 0 Å². The Hall–Kier alpha value is -2.21. The standard InChI is InChI=1S/C21H27N3O2/c22-20(18-9-5-2-6-10-18)14-23-21(25)13-19-16-24(11-12-26-19)15-17-7-3-1-4-8-17/h1-10,19-20H,11-16,22H2,(H,23,25). The fourth-order valence-electron chi connectivity index (χ4n) is 3.21. The second-order valence-electron chi connectivity index (χ2n) is 6.74. The van der Waals surface area contributed by atoms with E-state index >= 15 is 0 Å². The Morgan fingerprint density at radius 2 is 1.85 bits per heavy atom. The number of nitrogens with two attached hydrogens (primary N) is 1. The molecule has 0 radical (unpaired) electrons. The predicted molar refractivity (Wildman–Crippen MR) is 102 cm³/mol. The molecule has 1 aliphatic rings. The Morgan fingerprint density at radius 3 is 2.58 bits per heavy atom. The number of hydrogen-bond acceptors (Lipinski definition) is 4. The number of hydrogen-bond donors (Lipinski definition) is 2. The molecule has 26 heavy (non-hydrogen) atoms. The maximum Gasteiger partial charge on any atom is 0.222 e. The molecule has 5 heteroatoms. The van der Waals surface area contributed by atoms with Crippen molar-refractivity contribution in [2.45, 2.75) is 25.1 Å². The summed E-state index contributed by atoms with van der Waals surface area (Å²) in [6.45, 7) is 3.65. The zero-order valence-electron chi connectivity index (χ0n) is 15.0. The average Bonchev–Trinajstić information content (AvgIpc) is 2.68. The van der Waals surface area contributed by atoms with Gasteiger partial charge in [-0.05, 0) is 11.1 Å². The summed E-state index contributed by atoms with van der Waals surface area (Å²) in [4.78, 5) is 14.6. The van der Waals surface area contributed by atoms with E-state index in [1.54, 1.807) is 0 Å². The smallest absolute Gasteiger partial charge is 0.222 e. The first-order valence-electron chi connectivity index (χ1n) is 9.16. The van der Waals surface area contributed by atoms with Gasteiger partial charge in [-0.1, -0.05) is 60.7 Å². The quantitative estimate of drug-likeness (QED) is 0.800. The third kappa shape index (κ3) is 5.66. The van der Waals surface area contributed by atoms with Crippen LogP contribution in [0.4, 0.5) is 0 Å². The zero-order chi connectivity index (χ0) is 18.2. The SMILES string of the molecule is NC(CNC(=O)CC1CN(Cc2ccccc2)CCO1)c1ccccc1. The van der Waals surface area contributed by atoms with Gasteiger partial charge in [-0.25, -0.2) is 0 Å². The monoisotopic (exact) mass is 353 g/mol. The van der Waals surface area contributed by atoms with Crippen LogP contribution in [0.15, 0.2) is 60.7 Å². The molecule has 5 nitrogen and oxygen atoms in total. The number of nitrogens with one attached hydrogen (secondary N) is 1. The van der Waals surface area contributed by atoms with Crippen LogP contribution in [-0.4, -0.2) is 43.2 Å². The lowest BCUT2D eigenvalue weighted by molar-refractivity contribution is -0.126. The van der Waals surface area contributed by atoms with Crippen molar-refractivity contribution in [2.24, 2.45) is 5.73 Å². The molecule has 0 aliphatic carbocycles. The Labute approximate surface area is 155 Å². The molecule has 1 amide bonds. The fourth-order valence-corrected chi connectivity index (χ4v) is 3.21. The summed E-state index contributed by atoms with van der Waals surface area (Å²) in [5.41, 5.74) is 8.44. The number of rotatable bonds is 7. The molecule has 0 spiro atoms. The van der Waals surface area contributed by atoms with Crippen LogP contribution >= 0.6 is 0 Å². The van der Waals surface area contributed by atoms with Crippen LogP contribution in [-0.2, 0) is 16.1 Å². The third-order valence-electron chi connectivity index (χ3n) is 4.63. The second-order valence-corrected chi connectivity index (χ2v) is 6.74. The molecule has 0 saturated carbocycles. The number of nitrogens with zero attached hydrogens (tertiary/aromatic N) is 1. The number of amides is 1. The van der Waals surface area contributed by atoms with Crippen LogP contribution in [0.2, 0.25) is 0 Å². The minimum Gasteiger partial charge on any atom is -0.375 e. The van der Waals surface area contributed by atoms with E-state index in [1.807, 2.05) is 36.4 Å². The van der Waals surface area contributed by atoms with Crippen molar-refractivity contribution in [3.05, 3.63) is 71.8 Å². The van der Waals surface area contributed by atoms with E-state index in [1.165, 1.54) is 5.56 Å². The summed E-state index contributed by atoms with van der Waals surface area (Å²) in [6, 6.07) is 20.0. The van der Waals surface area contributed by atoms with Gasteiger partial charge in [0.05, 0.1) is 19.1 Å². The van der Waals surface area contributed by atoms with Crippen LogP contribution in [0.25, 0.3) is 0 Å². The molecule has 0 aromatic heterocycles. The summed E-state index contributed by atoms with van der Waals surface area (Å²) in [6.07, 6.45) is 0.299. The Bertz CT molecular complexity index is 678. The molecule has 1 saturated heterocycles. The van der Waals surface area contributed by atoms with Gasteiger partial charge in [-0.2, -0.15) is 0 Å². The largest absolute Gasteiger partial charge is 0.375 e. The first kappa shape index (κ1) is 18.6. The number of carbonyl (C=O) groups excluding carboxylic acids is 1. The summed E-state index contributed by atoms with van der Waals surface area (Å²) in [5, 5.41) is 2.93. The van der Waals surface area contributed by atoms with Crippen LogP contribution in [0, 0.1) is 0 Å². The van der Waals surface area contributed by atoms with Crippen molar-refractivity contribution in [1.82, 2.24) is 10.2 Å². The van der Waals surface area contributed by atoms with Crippen molar-refractivity contribution >= 4 is 5.91 Å². The molecule has 0 bridgehead atoms. The maximum atomic E-state index is 12.2. The van der Waals surface area contributed by atoms with Crippen molar-refractivity contribution in [3.8, 4) is 0 Å². The van der Waals surface area contributed by atoms with Gasteiger partial charge in [0.1, 0.15) is 0 Å². The Balaban J connectivity index is 1.42. The molecule has 2 aromatic carbocycles. The summed E-state index contributed by atoms with van der Waals surface area (Å²) in [7, 11) is 0. The van der Waals surface area contributed by atoms with Gasteiger partial charge in [0.2, 0.25) is 5.91 Å². The molecule has 1 aliphatic heterocycles. The summed E-state index contributed by atoms with van der Waals surface area (Å²) < 4.78 is 5.77. The van der Waals surface area contributed by atoms with Crippen LogP contribution in [0.3, 0.4) is 0 Å². The van der Waals surface area contributed by atoms with Gasteiger partial charge in [0, 0.05) is 32.2 Å². The lowest BCUT2D eigenvalue weighted by Crippen LogP contribution is -2.44. The number of carbonyl (C=O) groups is 1. The highest BCUT2D eigenvalue weighted by Gasteiger charge is 2.23. The van der Waals surface area contributed by atoms with Gasteiger partial charge >= 0.3 is 0 Å². The topological polar surface area (TPSA) is 67.6 Å². The first-order chi connectivity index (χ1) is 12.7. The average molecular weight is 353 g/mol. The predicted octanol–water partition coefficient (Wildman–Crippen LogP) is 2.09. The van der Waals surface area contributed by atoms with Gasteiger partial charge in [0.15, 0.2) is 0 Å². The number of benzene rings is 2. The van der Waals surface area contributed by atoms with Crippen molar-refractivity contribution in [1.29, 1.82) is 0 Å². The van der Waals surface area contributed by atoms with E-state index in [0.717, 1.165) is 25.2 Å². The molecular formula is C21H27N3O2. The van der Waals surface area contributed by atoms with Gasteiger partial charge in [0.25, 0.3) is 0 Å². The van der Waals surface area contributed by atoms with E-state index < -0.39 is 0 Å². The highest BCUT2D eigenvalue weighted by Crippen LogP contribution is 2.13. The van der Waals surface area contributed by atoms with Gasteiger partial charge in [-0.3, -0.25) is 9.69 Å². The normalized spacial score (nSPS) is 19.0. The molecule has 2 aromatic rings. The Morgan fingerprint density at radius 1 is 1.15 bits per heavy atom. The summed E-state index contributed by atoms with van der Waals surface area (Å²) in [5.74, 6) is -0.0112. The van der Waals surface area contributed by atoms with E-state index in [2.05, 4.69) is 34.5 Å². The minimum absolute atomic E-state index is 0.0112. The molecule has 2 unspecified atom stereocenters. The lowest BCUT2D eigenvalue weighted by atomic mass is 10.1. The van der Waals surface area contributed by atoms with Crippen LogP contribution < -0.4 is 11.1 Å². The molecule has 3 rings (SSSR count). The Kier molecular flexibility index (Phi) is 6.77. The van der Waals surface area contributed by atoms with Crippen LogP contribution in [0.1, 0.15) is 23.6 Å². The van der Waals surface area contributed by atoms with Gasteiger partial charge in [-0.15, -0.1) is 0 Å². The molecule has 138 valence electrons. The summed E-state index contributed by atoms with van der Waals surface area (Å²) >= 11 is 0. The highest BCUT2D eigenvalue weighted by molar-refractivity contribution is 5.76. The van der Waals surface area contributed by atoms with E-state index in [9.17, 15) is 4.79 Å². The number of morpholine rings is 1. The lowest BCUT2D eigenvalue weighted by Gasteiger charge is -2.32. The first-order valence-corrected chi connectivity index (χ1v) is 9.16. The molecule has 1 fully saturated rings. The van der Waals surface area contributed by atoms with E-state index in [0.29, 0.717) is 19.6 Å². The van der Waals surface area contributed by atoms with Crippen molar-refractivity contribution in [2.75, 3.05) is 26.2 Å². The molecule has 1 heterocycles. The number of ether oxygens (including phenoxy) is 1. The highest BCUT2D eigenvalue weighted by atomic mass is 16.5. The third-order valence-corrected chi connectivity index (χ3v) is 4.63. The van der Waals surface area contributed by atoms with Crippen LogP contribution in [0.5, 0.6) is 0 Å². The van der Waals surface area contributed by atoms with E-state index in [4.69, 9.17) is 10.5 Å². The minimum atomic E-state index is -0.193. The molecular weight excluding hydrogens is 326 g/mol. The van der Waals surface area contributed by atoms with Gasteiger partial charge < -0.3 is 15.8 Å². The molecule has 3 N–H and O–H groups in total. The van der Waals surface area contributed by atoms with E-state index in [-0.39, 0.29) is 18.1 Å². The second kappa shape index (κ2) is 9.48.